The summed E-state index contributed by atoms with van der Waals surface area (Å²) in [6, 6.07) is 1.84. The summed E-state index contributed by atoms with van der Waals surface area (Å²) in [6.45, 7) is -0.106. The van der Waals surface area contributed by atoms with Crippen LogP contribution in [-0.4, -0.2) is 23.3 Å². The summed E-state index contributed by atoms with van der Waals surface area (Å²) in [6.07, 6.45) is 5.14. The van der Waals surface area contributed by atoms with Gasteiger partial charge in [-0.25, -0.2) is 0 Å². The minimum Gasteiger partial charge on any atom is -0.274 e. The Morgan fingerprint density at radius 2 is 1.79 bits per heavy atom. The maximum Gasteiger partial charge on any atom is 0.234 e. The Morgan fingerprint density at radius 1 is 1.29 bits per heavy atom. The highest BCUT2D eigenvalue weighted by Gasteiger charge is 2.46. The summed E-state index contributed by atoms with van der Waals surface area (Å²) in [5, 5.41) is 8.48. The van der Waals surface area contributed by atoms with Crippen molar-refractivity contribution in [2.75, 3.05) is 6.54 Å². The summed E-state index contributed by atoms with van der Waals surface area (Å²) in [5.41, 5.74) is 0. The molecule has 4 heteroatoms. The molecule has 1 saturated heterocycles. The molecular formula is C10H10N2O2. The molecule has 1 aliphatic carbocycles. The van der Waals surface area contributed by atoms with E-state index in [9.17, 15) is 9.59 Å². The fourth-order valence-corrected chi connectivity index (χ4v) is 2.10. The van der Waals surface area contributed by atoms with Crippen LogP contribution in [0.4, 0.5) is 0 Å². The van der Waals surface area contributed by atoms with Crippen LogP contribution in [0.5, 0.6) is 0 Å². The predicted octanol–water partition coefficient (Wildman–Crippen LogP) is 0.461. The molecule has 4 nitrogen and oxygen atoms in total. The van der Waals surface area contributed by atoms with E-state index >= 15 is 0 Å². The van der Waals surface area contributed by atoms with Gasteiger partial charge in [0.05, 0.1) is 17.9 Å². The van der Waals surface area contributed by atoms with Gasteiger partial charge in [-0.2, -0.15) is 5.26 Å². The fourth-order valence-electron chi connectivity index (χ4n) is 2.10. The van der Waals surface area contributed by atoms with Crippen LogP contribution in [0.15, 0.2) is 12.2 Å². The highest BCUT2D eigenvalue weighted by atomic mass is 16.2. The molecule has 0 aromatic heterocycles. The molecular weight excluding hydrogens is 180 g/mol. The molecule has 0 bridgehead atoms. The molecule has 0 saturated carbocycles. The molecule has 0 spiro atoms. The van der Waals surface area contributed by atoms with Crippen LogP contribution in [-0.2, 0) is 9.59 Å². The van der Waals surface area contributed by atoms with Crippen molar-refractivity contribution in [3.8, 4) is 6.07 Å². The monoisotopic (exact) mass is 190 g/mol. The van der Waals surface area contributed by atoms with Gasteiger partial charge in [-0.15, -0.1) is 0 Å². The van der Waals surface area contributed by atoms with Crippen molar-refractivity contribution in [3.63, 3.8) is 0 Å². The first-order valence-corrected chi connectivity index (χ1v) is 4.63. The van der Waals surface area contributed by atoms with Crippen molar-refractivity contribution < 1.29 is 9.59 Å². The molecule has 1 heterocycles. The van der Waals surface area contributed by atoms with E-state index in [0.717, 1.165) is 4.90 Å². The van der Waals surface area contributed by atoms with Gasteiger partial charge in [0.25, 0.3) is 0 Å². The molecule has 2 aliphatic rings. The minimum absolute atomic E-state index is 0.106. The van der Waals surface area contributed by atoms with Gasteiger partial charge in [-0.3, -0.25) is 14.5 Å². The SMILES string of the molecule is N#CCN1C(=O)C2CC=CCC2C1=O. The lowest BCUT2D eigenvalue weighted by Crippen LogP contribution is -2.31. The van der Waals surface area contributed by atoms with Crippen LogP contribution in [0.25, 0.3) is 0 Å². The number of nitrogens with zero attached hydrogens (tertiary/aromatic N) is 2. The van der Waals surface area contributed by atoms with Gasteiger partial charge in [-0.1, -0.05) is 12.2 Å². The highest BCUT2D eigenvalue weighted by molar-refractivity contribution is 6.05. The van der Waals surface area contributed by atoms with Crippen molar-refractivity contribution in [2.45, 2.75) is 12.8 Å². The number of likely N-dealkylation sites (tertiary alicyclic amines) is 1. The molecule has 0 aromatic carbocycles. The summed E-state index contributed by atoms with van der Waals surface area (Å²) < 4.78 is 0. The normalized spacial score (nSPS) is 30.4. The van der Waals surface area contributed by atoms with Gasteiger partial charge < -0.3 is 0 Å². The quantitative estimate of drug-likeness (QED) is 0.343. The Bertz CT molecular complexity index is 328. The Balaban J connectivity index is 2.25. The largest absolute Gasteiger partial charge is 0.274 e. The Hall–Kier alpha value is -1.63. The number of nitriles is 1. The first kappa shape index (κ1) is 8.95. The number of allylic oxidation sites excluding steroid dienone is 2. The van der Waals surface area contributed by atoms with Crippen molar-refractivity contribution in [1.29, 1.82) is 5.26 Å². The number of hydrogen-bond acceptors (Lipinski definition) is 3. The van der Waals surface area contributed by atoms with Crippen LogP contribution in [0.1, 0.15) is 12.8 Å². The highest BCUT2D eigenvalue weighted by Crippen LogP contribution is 2.34. The molecule has 0 aromatic rings. The average Bonchev–Trinajstić information content (AvgIpc) is 2.45. The molecule has 0 radical (unpaired) electrons. The summed E-state index contributed by atoms with van der Waals surface area (Å²) in [4.78, 5) is 24.4. The van der Waals surface area contributed by atoms with Gasteiger partial charge in [0.1, 0.15) is 6.54 Å². The molecule has 1 aliphatic heterocycles. The number of rotatable bonds is 1. The minimum atomic E-state index is -0.208. The summed E-state index contributed by atoms with van der Waals surface area (Å²) >= 11 is 0. The second kappa shape index (κ2) is 3.26. The van der Waals surface area contributed by atoms with E-state index in [2.05, 4.69) is 0 Å². The third-order valence-corrected chi connectivity index (χ3v) is 2.83. The maximum atomic E-state index is 11.7. The number of amides is 2. The van der Waals surface area contributed by atoms with Gasteiger partial charge in [0.2, 0.25) is 11.8 Å². The second-order valence-electron chi connectivity index (χ2n) is 3.58. The van der Waals surface area contributed by atoms with E-state index in [1.165, 1.54) is 0 Å². The van der Waals surface area contributed by atoms with E-state index in [1.54, 1.807) is 0 Å². The van der Waals surface area contributed by atoms with Gasteiger partial charge in [0.15, 0.2) is 0 Å². The van der Waals surface area contributed by atoms with Crippen molar-refractivity contribution >= 4 is 11.8 Å². The predicted molar refractivity (Wildman–Crippen MR) is 47.7 cm³/mol. The van der Waals surface area contributed by atoms with Crippen molar-refractivity contribution in [2.24, 2.45) is 11.8 Å². The summed E-state index contributed by atoms with van der Waals surface area (Å²) in [5.74, 6) is -0.765. The van der Waals surface area contributed by atoms with E-state index in [0.29, 0.717) is 12.8 Å². The van der Waals surface area contributed by atoms with Crippen LogP contribution >= 0.6 is 0 Å². The molecule has 1 fully saturated rings. The van der Waals surface area contributed by atoms with E-state index in [1.807, 2.05) is 18.2 Å². The zero-order valence-electron chi connectivity index (χ0n) is 7.64. The number of imide groups is 1. The van der Waals surface area contributed by atoms with Crippen LogP contribution in [0.2, 0.25) is 0 Å². The molecule has 2 atom stereocenters. The van der Waals surface area contributed by atoms with Crippen molar-refractivity contribution in [1.82, 2.24) is 4.90 Å². The lowest BCUT2D eigenvalue weighted by molar-refractivity contribution is -0.139. The Morgan fingerprint density at radius 3 is 2.21 bits per heavy atom. The third-order valence-electron chi connectivity index (χ3n) is 2.83. The van der Waals surface area contributed by atoms with E-state index < -0.39 is 0 Å². The van der Waals surface area contributed by atoms with E-state index in [-0.39, 0.29) is 30.2 Å². The van der Waals surface area contributed by atoms with Crippen LogP contribution in [0, 0.1) is 23.2 Å². The molecule has 2 amide bonds. The average molecular weight is 190 g/mol. The molecule has 14 heavy (non-hydrogen) atoms. The Kier molecular flexibility index (Phi) is 2.08. The van der Waals surface area contributed by atoms with Crippen LogP contribution < -0.4 is 0 Å². The molecule has 72 valence electrons. The zero-order chi connectivity index (χ0) is 10.1. The number of carbonyl (C=O) groups is 2. The smallest absolute Gasteiger partial charge is 0.234 e. The molecule has 0 N–H and O–H groups in total. The second-order valence-corrected chi connectivity index (χ2v) is 3.58. The van der Waals surface area contributed by atoms with Crippen molar-refractivity contribution in [3.05, 3.63) is 12.2 Å². The van der Waals surface area contributed by atoms with E-state index in [4.69, 9.17) is 5.26 Å². The topological polar surface area (TPSA) is 61.2 Å². The third kappa shape index (κ3) is 1.13. The standard InChI is InChI=1S/C10H10N2O2/c11-5-6-12-9(13)7-3-1-2-4-8(7)10(12)14/h1-2,7-8H,3-4,6H2. The van der Waals surface area contributed by atoms with Gasteiger partial charge in [-0.05, 0) is 12.8 Å². The Labute approximate surface area is 81.8 Å². The van der Waals surface area contributed by atoms with Gasteiger partial charge in [0, 0.05) is 0 Å². The van der Waals surface area contributed by atoms with Gasteiger partial charge >= 0.3 is 0 Å². The number of fused-ring (bicyclic) bond motifs is 1. The summed E-state index contributed by atoms with van der Waals surface area (Å²) in [7, 11) is 0. The lowest BCUT2D eigenvalue weighted by Gasteiger charge is -2.14. The maximum absolute atomic E-state index is 11.7. The molecule has 2 unspecified atom stereocenters. The number of hydrogen-bond donors (Lipinski definition) is 0. The lowest BCUT2D eigenvalue weighted by atomic mass is 9.85. The fraction of sp³-hybridized carbons (Fsp3) is 0.500. The van der Waals surface area contributed by atoms with Crippen LogP contribution in [0.3, 0.4) is 0 Å². The first-order valence-electron chi connectivity index (χ1n) is 4.63. The molecule has 2 rings (SSSR count). The zero-order valence-corrected chi connectivity index (χ0v) is 7.64. The number of carbonyl (C=O) groups excluding carboxylic acids is 2. The first-order chi connectivity index (χ1) is 6.75.